The van der Waals surface area contributed by atoms with E-state index in [1.165, 1.54) is 13.0 Å². The smallest absolute Gasteiger partial charge is 0.242 e. The monoisotopic (exact) mass is 460 g/mol. The van der Waals surface area contributed by atoms with Crippen molar-refractivity contribution >= 4 is 32.4 Å². The number of hydrogen-bond donors (Lipinski definition) is 2. The van der Waals surface area contributed by atoms with Crippen LogP contribution in [0.5, 0.6) is 5.75 Å². The third-order valence-electron chi connectivity index (χ3n) is 5.13. The Labute approximate surface area is 193 Å². The quantitative estimate of drug-likeness (QED) is 0.398. The lowest BCUT2D eigenvalue weighted by atomic mass is 10.1. The second-order valence-corrected chi connectivity index (χ2v) is 9.35. The molecule has 0 aliphatic rings. The molecule has 4 aromatic carbocycles. The molecule has 7 heteroatoms. The van der Waals surface area contributed by atoms with Gasteiger partial charge in [0.05, 0.1) is 10.9 Å². The molecule has 0 unspecified atom stereocenters. The number of rotatable bonds is 8. The molecular formula is C26H24N2O4S. The Hall–Kier alpha value is -3.68. The summed E-state index contributed by atoms with van der Waals surface area (Å²) in [5.74, 6) is 0.208. The van der Waals surface area contributed by atoms with Crippen LogP contribution < -0.4 is 14.8 Å². The lowest BCUT2D eigenvalue weighted by molar-refractivity contribution is -0.117. The van der Waals surface area contributed by atoms with Gasteiger partial charge >= 0.3 is 0 Å². The number of amides is 1. The zero-order chi connectivity index (χ0) is 23.3. The van der Waals surface area contributed by atoms with Crippen LogP contribution in [0.1, 0.15) is 12.5 Å². The van der Waals surface area contributed by atoms with Gasteiger partial charge in [0, 0.05) is 5.69 Å². The van der Waals surface area contributed by atoms with Gasteiger partial charge in [0.25, 0.3) is 0 Å². The van der Waals surface area contributed by atoms with Gasteiger partial charge in [-0.1, -0.05) is 60.7 Å². The van der Waals surface area contributed by atoms with Crippen LogP contribution in [0.15, 0.2) is 102 Å². The maximum absolute atomic E-state index is 12.8. The summed E-state index contributed by atoms with van der Waals surface area (Å²) in [6.07, 6.45) is 0. The Kier molecular flexibility index (Phi) is 6.72. The Morgan fingerprint density at radius 1 is 0.848 bits per heavy atom. The highest BCUT2D eigenvalue weighted by atomic mass is 32.2. The van der Waals surface area contributed by atoms with Gasteiger partial charge in [0.1, 0.15) is 12.4 Å². The number of fused-ring (bicyclic) bond motifs is 1. The molecular weight excluding hydrogens is 436 g/mol. The summed E-state index contributed by atoms with van der Waals surface area (Å²) < 4.78 is 33.7. The normalized spacial score (nSPS) is 12.3. The summed E-state index contributed by atoms with van der Waals surface area (Å²) in [6.45, 7) is 1.95. The van der Waals surface area contributed by atoms with Crippen LogP contribution in [-0.2, 0) is 21.4 Å². The molecule has 4 aromatic rings. The molecule has 4 rings (SSSR count). The highest BCUT2D eigenvalue weighted by Crippen LogP contribution is 2.20. The number of hydrogen-bond acceptors (Lipinski definition) is 4. The third kappa shape index (κ3) is 5.77. The Balaban J connectivity index is 1.35. The predicted octanol–water partition coefficient (Wildman–Crippen LogP) is 4.72. The van der Waals surface area contributed by atoms with E-state index < -0.39 is 22.0 Å². The first-order valence-electron chi connectivity index (χ1n) is 10.5. The summed E-state index contributed by atoms with van der Waals surface area (Å²) in [6, 6.07) is 28.1. The average molecular weight is 461 g/mol. The summed E-state index contributed by atoms with van der Waals surface area (Å²) in [4.78, 5) is 12.7. The molecule has 0 spiro atoms. The number of anilines is 1. The SMILES string of the molecule is C[C@@H](NS(=O)(=O)c1ccc2ccccc2c1)C(=O)Nc1ccc(OCc2ccccc2)cc1. The van der Waals surface area contributed by atoms with Crippen molar-refractivity contribution in [3.8, 4) is 5.75 Å². The maximum atomic E-state index is 12.8. The van der Waals surface area contributed by atoms with E-state index in [0.717, 1.165) is 16.3 Å². The summed E-state index contributed by atoms with van der Waals surface area (Å²) in [5, 5.41) is 4.48. The number of carbonyl (C=O) groups excluding carboxylic acids is 1. The number of sulfonamides is 1. The van der Waals surface area contributed by atoms with Crippen molar-refractivity contribution in [2.75, 3.05) is 5.32 Å². The fraction of sp³-hybridized carbons (Fsp3) is 0.115. The van der Waals surface area contributed by atoms with Gasteiger partial charge in [-0.25, -0.2) is 8.42 Å². The Bertz CT molecular complexity index is 1350. The van der Waals surface area contributed by atoms with Gasteiger partial charge in [-0.2, -0.15) is 4.72 Å². The molecule has 168 valence electrons. The molecule has 0 saturated carbocycles. The van der Waals surface area contributed by atoms with Gasteiger partial charge in [0.2, 0.25) is 15.9 Å². The van der Waals surface area contributed by atoms with Crippen LogP contribution in [0.25, 0.3) is 10.8 Å². The molecule has 0 fully saturated rings. The fourth-order valence-electron chi connectivity index (χ4n) is 3.31. The zero-order valence-electron chi connectivity index (χ0n) is 18.1. The van der Waals surface area contributed by atoms with Gasteiger partial charge in [0.15, 0.2) is 0 Å². The van der Waals surface area contributed by atoms with Crippen LogP contribution in [0.4, 0.5) is 5.69 Å². The maximum Gasteiger partial charge on any atom is 0.242 e. The number of carbonyl (C=O) groups is 1. The summed E-state index contributed by atoms with van der Waals surface area (Å²) in [7, 11) is -3.86. The minimum Gasteiger partial charge on any atom is -0.489 e. The molecule has 0 aliphatic carbocycles. The van der Waals surface area contributed by atoms with Crippen LogP contribution in [0, 0.1) is 0 Å². The molecule has 0 radical (unpaired) electrons. The molecule has 0 aliphatic heterocycles. The van der Waals surface area contributed by atoms with Crippen molar-refractivity contribution in [3.05, 3.63) is 103 Å². The van der Waals surface area contributed by atoms with Crippen molar-refractivity contribution in [2.24, 2.45) is 0 Å². The van der Waals surface area contributed by atoms with Gasteiger partial charge in [-0.3, -0.25) is 4.79 Å². The van der Waals surface area contributed by atoms with Gasteiger partial charge in [-0.05, 0) is 59.7 Å². The largest absolute Gasteiger partial charge is 0.489 e. The van der Waals surface area contributed by atoms with E-state index in [2.05, 4.69) is 10.0 Å². The minimum atomic E-state index is -3.86. The molecule has 0 saturated heterocycles. The second kappa shape index (κ2) is 9.85. The molecule has 6 nitrogen and oxygen atoms in total. The summed E-state index contributed by atoms with van der Waals surface area (Å²) >= 11 is 0. The molecule has 2 N–H and O–H groups in total. The van der Waals surface area contributed by atoms with Crippen molar-refractivity contribution in [1.29, 1.82) is 0 Å². The molecule has 1 amide bonds. The lowest BCUT2D eigenvalue weighted by Crippen LogP contribution is -2.41. The zero-order valence-corrected chi connectivity index (χ0v) is 18.9. The van der Waals surface area contributed by atoms with E-state index in [1.54, 1.807) is 36.4 Å². The summed E-state index contributed by atoms with van der Waals surface area (Å²) in [5.41, 5.74) is 1.60. The van der Waals surface area contributed by atoms with Crippen LogP contribution in [-0.4, -0.2) is 20.4 Å². The fourth-order valence-corrected chi connectivity index (χ4v) is 4.55. The standard InChI is InChI=1S/C26H24N2O4S/c1-19(28-33(30,31)25-16-11-21-9-5-6-10-22(21)17-25)26(29)27-23-12-14-24(15-13-23)32-18-20-7-3-2-4-8-20/h2-17,19,28H,18H2,1H3,(H,27,29)/t19-/m1/s1. The Morgan fingerprint density at radius 3 is 2.24 bits per heavy atom. The lowest BCUT2D eigenvalue weighted by Gasteiger charge is -2.15. The third-order valence-corrected chi connectivity index (χ3v) is 6.67. The van der Waals surface area contributed by atoms with E-state index in [-0.39, 0.29) is 4.90 Å². The first-order valence-corrected chi connectivity index (χ1v) is 12.0. The number of nitrogens with one attached hydrogen (secondary N) is 2. The molecule has 0 bridgehead atoms. The van der Waals surface area contributed by atoms with Crippen molar-refractivity contribution in [1.82, 2.24) is 4.72 Å². The Morgan fingerprint density at radius 2 is 1.52 bits per heavy atom. The van der Waals surface area contributed by atoms with Crippen LogP contribution in [0.3, 0.4) is 0 Å². The van der Waals surface area contributed by atoms with E-state index in [4.69, 9.17) is 4.74 Å². The topological polar surface area (TPSA) is 84.5 Å². The van der Waals surface area contributed by atoms with E-state index in [1.807, 2.05) is 54.6 Å². The molecule has 0 aromatic heterocycles. The van der Waals surface area contributed by atoms with Crippen molar-refractivity contribution in [2.45, 2.75) is 24.5 Å². The average Bonchev–Trinajstić information content (AvgIpc) is 2.83. The van der Waals surface area contributed by atoms with Gasteiger partial charge in [-0.15, -0.1) is 0 Å². The second-order valence-electron chi connectivity index (χ2n) is 7.64. The predicted molar refractivity (Wildman–Crippen MR) is 130 cm³/mol. The molecule has 0 heterocycles. The molecule has 1 atom stereocenters. The van der Waals surface area contributed by atoms with E-state index >= 15 is 0 Å². The van der Waals surface area contributed by atoms with Crippen molar-refractivity contribution in [3.63, 3.8) is 0 Å². The first kappa shape index (κ1) is 22.5. The number of ether oxygens (including phenoxy) is 1. The first-order chi connectivity index (χ1) is 15.9. The van der Waals surface area contributed by atoms with Gasteiger partial charge < -0.3 is 10.1 Å². The minimum absolute atomic E-state index is 0.112. The van der Waals surface area contributed by atoms with E-state index in [9.17, 15) is 13.2 Å². The molecule has 33 heavy (non-hydrogen) atoms. The van der Waals surface area contributed by atoms with Crippen LogP contribution >= 0.6 is 0 Å². The highest BCUT2D eigenvalue weighted by molar-refractivity contribution is 7.89. The van der Waals surface area contributed by atoms with Crippen LogP contribution in [0.2, 0.25) is 0 Å². The van der Waals surface area contributed by atoms with E-state index in [0.29, 0.717) is 18.0 Å². The highest BCUT2D eigenvalue weighted by Gasteiger charge is 2.22. The van der Waals surface area contributed by atoms with Crippen molar-refractivity contribution < 1.29 is 17.9 Å². The number of benzene rings is 4.